The van der Waals surface area contributed by atoms with Crippen molar-refractivity contribution in [2.24, 2.45) is 5.92 Å². The third kappa shape index (κ3) is 5.36. The van der Waals surface area contributed by atoms with Crippen LogP contribution in [-0.2, 0) is 10.8 Å². The number of furan rings is 1. The first-order chi connectivity index (χ1) is 32.3. The number of hydrogen-bond donors (Lipinski definition) is 0. The molecule has 0 fully saturated rings. The van der Waals surface area contributed by atoms with E-state index in [1.165, 1.54) is 94.0 Å². The van der Waals surface area contributed by atoms with Crippen LogP contribution in [0.4, 0.5) is 11.4 Å². The number of rotatable bonds is 5. The molecule has 2 heteroatoms. The van der Waals surface area contributed by atoms with Crippen molar-refractivity contribution in [2.45, 2.75) is 44.1 Å². The molecular formula is C64H49NO. The predicted octanol–water partition coefficient (Wildman–Crippen LogP) is 17.1. The van der Waals surface area contributed by atoms with Gasteiger partial charge < -0.3 is 9.32 Å². The molecule has 0 amide bonds. The van der Waals surface area contributed by atoms with Crippen LogP contribution in [0.1, 0.15) is 38.8 Å². The monoisotopic (exact) mass is 847 g/mol. The number of nitrogens with zero attached hydrogens (tertiary/aromatic N) is 1. The zero-order valence-electron chi connectivity index (χ0n) is 37.7. The molecule has 1 aromatic heterocycles. The van der Waals surface area contributed by atoms with Crippen molar-refractivity contribution in [1.82, 2.24) is 0 Å². The Balaban J connectivity index is 1.01. The normalized spacial score (nSPS) is 22.1. The third-order valence-electron chi connectivity index (χ3n) is 15.5. The highest BCUT2D eigenvalue weighted by atomic mass is 16.3. The molecule has 0 radical (unpaired) electrons. The molecule has 2 aliphatic carbocycles. The largest absolute Gasteiger partial charge is 0.456 e. The zero-order valence-corrected chi connectivity index (χ0v) is 37.7. The van der Waals surface area contributed by atoms with Gasteiger partial charge in [-0.1, -0.05) is 207 Å². The van der Waals surface area contributed by atoms with E-state index in [9.17, 15) is 0 Å². The topological polar surface area (TPSA) is 16.4 Å². The fraction of sp³-hybridized carbons (Fsp3) is 0.125. The van der Waals surface area contributed by atoms with Crippen molar-refractivity contribution < 1.29 is 4.42 Å². The number of anilines is 2. The highest BCUT2D eigenvalue weighted by Crippen LogP contribution is 2.65. The summed E-state index contributed by atoms with van der Waals surface area (Å²) < 4.78 is 6.83. The van der Waals surface area contributed by atoms with Crippen molar-refractivity contribution in [3.8, 4) is 33.4 Å². The van der Waals surface area contributed by atoms with E-state index >= 15 is 0 Å². The van der Waals surface area contributed by atoms with Crippen LogP contribution in [0.5, 0.6) is 0 Å². The van der Waals surface area contributed by atoms with E-state index in [1.807, 2.05) is 0 Å². The SMILES string of the molecule is CC1C=CC2(C)C3=C1C(C)(c1cccc4c1oc1ccccc14)C=CC3(C)N(c1ccc(-c3ccc(-c4ccccc4-c4ccccc4)cc3)cc1)c1c2c2ccccc2c2ccccc12. The third-order valence-corrected chi connectivity index (χ3v) is 15.5. The van der Waals surface area contributed by atoms with Crippen LogP contribution in [-0.4, -0.2) is 5.54 Å². The summed E-state index contributed by atoms with van der Waals surface area (Å²) in [6, 6.07) is 71.2. The maximum Gasteiger partial charge on any atom is 0.139 e. The first-order valence-electron chi connectivity index (χ1n) is 23.4. The average Bonchev–Trinajstić information content (AvgIpc) is 3.75. The van der Waals surface area contributed by atoms with Crippen molar-refractivity contribution in [3.63, 3.8) is 0 Å². The molecule has 0 bridgehead atoms. The van der Waals surface area contributed by atoms with Gasteiger partial charge in [0, 0.05) is 38.2 Å². The Bertz CT molecular complexity index is 3700. The van der Waals surface area contributed by atoms with Gasteiger partial charge in [-0.3, -0.25) is 0 Å². The van der Waals surface area contributed by atoms with Crippen LogP contribution in [0.25, 0.3) is 76.9 Å². The molecule has 9 aromatic carbocycles. The second kappa shape index (κ2) is 14.2. The van der Waals surface area contributed by atoms with Crippen molar-refractivity contribution in [1.29, 1.82) is 0 Å². The van der Waals surface area contributed by atoms with Crippen LogP contribution < -0.4 is 4.90 Å². The van der Waals surface area contributed by atoms with Crippen LogP contribution in [0.2, 0.25) is 0 Å². The van der Waals surface area contributed by atoms with Gasteiger partial charge in [-0.05, 0) is 111 Å². The molecule has 2 heterocycles. The minimum absolute atomic E-state index is 0.183. The lowest BCUT2D eigenvalue weighted by Gasteiger charge is -2.60. The van der Waals surface area contributed by atoms with Gasteiger partial charge in [0.15, 0.2) is 0 Å². The first kappa shape index (κ1) is 38.8. The summed E-state index contributed by atoms with van der Waals surface area (Å²) in [6.45, 7) is 9.79. The van der Waals surface area contributed by atoms with E-state index in [4.69, 9.17) is 4.42 Å². The van der Waals surface area contributed by atoms with Crippen LogP contribution in [0, 0.1) is 5.92 Å². The van der Waals surface area contributed by atoms with Gasteiger partial charge in [0.2, 0.25) is 0 Å². The van der Waals surface area contributed by atoms with Crippen molar-refractivity contribution >= 4 is 54.9 Å². The summed E-state index contributed by atoms with van der Waals surface area (Å²) in [5, 5.41) is 7.45. The Morgan fingerprint density at radius 2 is 0.985 bits per heavy atom. The van der Waals surface area contributed by atoms with Gasteiger partial charge in [0.05, 0.1) is 11.2 Å². The van der Waals surface area contributed by atoms with E-state index in [1.54, 1.807) is 0 Å². The summed E-state index contributed by atoms with van der Waals surface area (Å²) in [5.74, 6) is 0.183. The lowest BCUT2D eigenvalue weighted by Crippen LogP contribution is -2.58. The van der Waals surface area contributed by atoms with E-state index < -0.39 is 16.4 Å². The summed E-state index contributed by atoms with van der Waals surface area (Å²) in [6.07, 6.45) is 10.1. The maximum absolute atomic E-state index is 6.83. The second-order valence-corrected chi connectivity index (χ2v) is 19.3. The molecule has 0 saturated heterocycles. The van der Waals surface area contributed by atoms with Gasteiger partial charge in [-0.2, -0.15) is 0 Å². The standard InChI is InChI=1S/C64H49NO/c1-41-37-38-63(3)58-52-24-12-10-21-49(52)50-22-11-13-25-53(50)59(58)65(64(4)40-39-62(2,57(41)61(63)64)55-27-16-26-54-51-23-14-15-28-56(51)66-60(54)55)46-35-33-43(34-36-46)42-29-31-45(32-30-42)48-20-9-8-19-47(48)44-17-6-5-7-18-44/h5-41H,1-4H3. The number of allylic oxidation sites excluding steroid dienone is 4. The molecule has 0 saturated carbocycles. The number of benzene rings is 9. The van der Waals surface area contributed by atoms with Gasteiger partial charge in [0.1, 0.15) is 11.2 Å². The quantitative estimate of drug-likeness (QED) is 0.127. The molecule has 4 atom stereocenters. The lowest BCUT2D eigenvalue weighted by atomic mass is 9.51. The summed E-state index contributed by atoms with van der Waals surface area (Å²) in [5.41, 5.74) is 15.7. The maximum atomic E-state index is 6.83. The van der Waals surface area contributed by atoms with Crippen molar-refractivity contribution in [2.75, 3.05) is 4.90 Å². The smallest absolute Gasteiger partial charge is 0.139 e. The Hall–Kier alpha value is -7.68. The van der Waals surface area contributed by atoms with Crippen LogP contribution in [0.3, 0.4) is 0 Å². The number of fused-ring (bicyclic) bond motifs is 10. The second-order valence-electron chi connectivity index (χ2n) is 19.3. The molecule has 66 heavy (non-hydrogen) atoms. The van der Waals surface area contributed by atoms with E-state index in [2.05, 4.69) is 251 Å². The lowest BCUT2D eigenvalue weighted by molar-refractivity contribution is 0.443. The number of para-hydroxylation sites is 2. The molecule has 13 rings (SSSR count). The van der Waals surface area contributed by atoms with Crippen molar-refractivity contribution in [3.05, 3.63) is 241 Å². The highest BCUT2D eigenvalue weighted by Gasteiger charge is 2.58. The molecule has 1 aliphatic heterocycles. The fourth-order valence-electron chi connectivity index (χ4n) is 12.6. The molecule has 316 valence electrons. The molecule has 2 nitrogen and oxygen atoms in total. The Kier molecular flexibility index (Phi) is 8.31. The van der Waals surface area contributed by atoms with Crippen LogP contribution >= 0.6 is 0 Å². The molecule has 4 unspecified atom stereocenters. The fourth-order valence-corrected chi connectivity index (χ4v) is 12.6. The van der Waals surface area contributed by atoms with E-state index in [0.717, 1.165) is 16.6 Å². The molecule has 10 aromatic rings. The van der Waals surface area contributed by atoms with Gasteiger partial charge in [-0.25, -0.2) is 0 Å². The predicted molar refractivity (Wildman–Crippen MR) is 278 cm³/mol. The average molecular weight is 848 g/mol. The van der Waals surface area contributed by atoms with Crippen LogP contribution in [0.15, 0.2) is 234 Å². The zero-order chi connectivity index (χ0) is 44.4. The molecule has 3 aliphatic rings. The molecule has 0 spiro atoms. The Labute approximate surface area is 386 Å². The minimum atomic E-state index is -0.516. The van der Waals surface area contributed by atoms with E-state index in [0.29, 0.717) is 0 Å². The number of hydrogen-bond acceptors (Lipinski definition) is 2. The summed E-state index contributed by atoms with van der Waals surface area (Å²) in [7, 11) is 0. The summed E-state index contributed by atoms with van der Waals surface area (Å²) >= 11 is 0. The molecule has 0 N–H and O–H groups in total. The van der Waals surface area contributed by atoms with E-state index in [-0.39, 0.29) is 5.92 Å². The first-order valence-corrected chi connectivity index (χ1v) is 23.4. The van der Waals surface area contributed by atoms with Gasteiger partial charge >= 0.3 is 0 Å². The Morgan fingerprint density at radius 1 is 0.439 bits per heavy atom. The van der Waals surface area contributed by atoms with Gasteiger partial charge in [0.25, 0.3) is 0 Å². The minimum Gasteiger partial charge on any atom is -0.456 e. The van der Waals surface area contributed by atoms with Gasteiger partial charge in [-0.15, -0.1) is 0 Å². The highest BCUT2D eigenvalue weighted by molar-refractivity contribution is 6.18. The molecular weight excluding hydrogens is 799 g/mol. The Morgan fingerprint density at radius 3 is 1.70 bits per heavy atom. The summed E-state index contributed by atoms with van der Waals surface area (Å²) in [4.78, 5) is 2.69.